The molecule has 0 aliphatic rings. The first-order valence-corrected chi connectivity index (χ1v) is 10.3. The number of carbonyl (C=O) groups is 1. The molecule has 4 heterocycles. The zero-order chi connectivity index (χ0) is 25.1. The number of hydrogen-bond donors (Lipinski definition) is 2. The van der Waals surface area contributed by atoms with E-state index in [1.807, 2.05) is 11.3 Å². The number of aromatic nitrogens is 5. The number of pyridine rings is 1. The molecule has 0 saturated heterocycles. The molecule has 1 aromatic carbocycles. The summed E-state index contributed by atoms with van der Waals surface area (Å²) in [5.74, 6) is -0.796. The Balaban J connectivity index is 1.55. The number of alkyl halides is 3. The van der Waals surface area contributed by atoms with Crippen molar-refractivity contribution < 1.29 is 22.4 Å². The Hall–Kier alpha value is -4.48. The van der Waals surface area contributed by atoms with Crippen molar-refractivity contribution in [2.24, 2.45) is 0 Å². The van der Waals surface area contributed by atoms with Crippen molar-refractivity contribution in [2.45, 2.75) is 20.0 Å². The molecule has 0 fully saturated rings. The lowest BCUT2D eigenvalue weighted by Crippen LogP contribution is -2.14. The van der Waals surface area contributed by atoms with E-state index in [1.54, 1.807) is 31.5 Å². The highest BCUT2D eigenvalue weighted by Crippen LogP contribution is 2.33. The Labute approximate surface area is 195 Å². The SMILES string of the molecule is Cc1nc(-c2ccc3c(C(=O)Nc4cc(C(F)(F)F)ccc4F)cnn3c2C)c2c(N)nccn12. The Bertz CT molecular complexity index is 1640. The number of rotatable bonds is 3. The predicted octanol–water partition coefficient (Wildman–Crippen LogP) is 4.65. The molecular weight excluding hydrogens is 466 g/mol. The van der Waals surface area contributed by atoms with Crippen LogP contribution < -0.4 is 11.1 Å². The van der Waals surface area contributed by atoms with E-state index < -0.39 is 29.2 Å². The summed E-state index contributed by atoms with van der Waals surface area (Å²) < 4.78 is 56.4. The zero-order valence-electron chi connectivity index (χ0n) is 18.4. The summed E-state index contributed by atoms with van der Waals surface area (Å²) in [4.78, 5) is 21.6. The number of nitrogen functional groups attached to an aromatic ring is 1. The Morgan fingerprint density at radius 1 is 1.14 bits per heavy atom. The molecule has 0 unspecified atom stereocenters. The Morgan fingerprint density at radius 3 is 2.66 bits per heavy atom. The summed E-state index contributed by atoms with van der Waals surface area (Å²) in [6.07, 6.45) is -0.101. The van der Waals surface area contributed by atoms with Crippen LogP contribution in [-0.2, 0) is 6.18 Å². The van der Waals surface area contributed by atoms with Gasteiger partial charge in [0.05, 0.1) is 28.5 Å². The van der Waals surface area contributed by atoms with Gasteiger partial charge in [-0.15, -0.1) is 0 Å². The van der Waals surface area contributed by atoms with Crippen LogP contribution in [0, 0.1) is 19.7 Å². The molecule has 1 amide bonds. The molecule has 0 aliphatic heterocycles. The molecule has 3 N–H and O–H groups in total. The Kier molecular flexibility index (Phi) is 4.97. The number of carbonyl (C=O) groups excluding carboxylic acids is 1. The first-order chi connectivity index (χ1) is 16.6. The predicted molar refractivity (Wildman–Crippen MR) is 120 cm³/mol. The average molecular weight is 483 g/mol. The van der Waals surface area contributed by atoms with E-state index in [1.165, 1.54) is 10.7 Å². The lowest BCUT2D eigenvalue weighted by atomic mass is 10.1. The quantitative estimate of drug-likeness (QED) is 0.364. The molecule has 0 radical (unpaired) electrons. The monoisotopic (exact) mass is 483 g/mol. The topological polar surface area (TPSA) is 103 Å². The van der Waals surface area contributed by atoms with Gasteiger partial charge in [-0.05, 0) is 44.2 Å². The number of halogens is 4. The van der Waals surface area contributed by atoms with Crippen LogP contribution in [0.1, 0.15) is 27.4 Å². The molecule has 0 bridgehead atoms. The fourth-order valence-electron chi connectivity index (χ4n) is 4.00. The molecule has 0 spiro atoms. The molecule has 0 aliphatic carbocycles. The van der Waals surface area contributed by atoms with Crippen LogP contribution in [0.4, 0.5) is 29.1 Å². The van der Waals surface area contributed by atoms with Crippen LogP contribution in [0.5, 0.6) is 0 Å². The van der Waals surface area contributed by atoms with Gasteiger partial charge in [-0.2, -0.15) is 18.3 Å². The van der Waals surface area contributed by atoms with Crippen molar-refractivity contribution in [3.63, 3.8) is 0 Å². The molecule has 35 heavy (non-hydrogen) atoms. The smallest absolute Gasteiger partial charge is 0.382 e. The standard InChI is InChI=1S/C23H17F4N7O/c1-11-14(19-20-21(28)29-7-8-33(20)12(2)31-19)4-6-18-15(10-30-34(11)18)22(35)32-17-9-13(23(25,26)27)3-5-16(17)24/h3-10H,1-2H3,(H2,28,29)(H,32,35). The van der Waals surface area contributed by atoms with Crippen LogP contribution >= 0.6 is 0 Å². The van der Waals surface area contributed by atoms with E-state index in [0.29, 0.717) is 57.8 Å². The van der Waals surface area contributed by atoms with Gasteiger partial charge in [0.2, 0.25) is 0 Å². The second-order valence-electron chi connectivity index (χ2n) is 7.87. The molecule has 0 atom stereocenters. The first kappa shape index (κ1) is 22.3. The lowest BCUT2D eigenvalue weighted by Gasteiger charge is -2.11. The van der Waals surface area contributed by atoms with Crippen LogP contribution in [0.3, 0.4) is 0 Å². The third-order valence-electron chi connectivity index (χ3n) is 5.72. The summed E-state index contributed by atoms with van der Waals surface area (Å²) in [6, 6.07) is 5.17. The van der Waals surface area contributed by atoms with Gasteiger partial charge >= 0.3 is 6.18 Å². The number of hydrogen-bond acceptors (Lipinski definition) is 5. The van der Waals surface area contributed by atoms with E-state index in [-0.39, 0.29) is 5.56 Å². The highest BCUT2D eigenvalue weighted by Gasteiger charge is 2.31. The number of fused-ring (bicyclic) bond motifs is 2. The number of aryl methyl sites for hydroxylation is 2. The number of amides is 1. The summed E-state index contributed by atoms with van der Waals surface area (Å²) >= 11 is 0. The van der Waals surface area contributed by atoms with Gasteiger partial charge in [-0.25, -0.2) is 18.9 Å². The average Bonchev–Trinajstić information content (AvgIpc) is 3.38. The minimum Gasteiger partial charge on any atom is -0.382 e. The molecule has 0 saturated carbocycles. The van der Waals surface area contributed by atoms with Crippen molar-refractivity contribution in [1.82, 2.24) is 24.0 Å². The van der Waals surface area contributed by atoms with Crippen LogP contribution in [0.25, 0.3) is 22.3 Å². The van der Waals surface area contributed by atoms with Crippen LogP contribution in [0.15, 0.2) is 48.9 Å². The molecule has 5 aromatic rings. The molecule has 12 heteroatoms. The summed E-state index contributed by atoms with van der Waals surface area (Å²) in [5, 5.41) is 6.47. The Morgan fingerprint density at radius 2 is 1.91 bits per heavy atom. The third-order valence-corrected chi connectivity index (χ3v) is 5.72. The van der Waals surface area contributed by atoms with E-state index >= 15 is 0 Å². The number of nitrogens with two attached hydrogens (primary N) is 1. The van der Waals surface area contributed by atoms with Gasteiger partial charge in [-0.3, -0.25) is 9.20 Å². The van der Waals surface area contributed by atoms with Gasteiger partial charge < -0.3 is 11.1 Å². The van der Waals surface area contributed by atoms with Crippen molar-refractivity contribution in [2.75, 3.05) is 11.1 Å². The molecule has 4 aromatic heterocycles. The molecular formula is C23H17F4N7O. The van der Waals surface area contributed by atoms with E-state index in [0.717, 1.165) is 0 Å². The van der Waals surface area contributed by atoms with Gasteiger partial charge in [0.15, 0.2) is 0 Å². The highest BCUT2D eigenvalue weighted by molar-refractivity contribution is 6.09. The van der Waals surface area contributed by atoms with Crippen LogP contribution in [0.2, 0.25) is 0 Å². The van der Waals surface area contributed by atoms with Gasteiger partial charge in [0, 0.05) is 23.7 Å². The van der Waals surface area contributed by atoms with E-state index in [2.05, 4.69) is 20.4 Å². The van der Waals surface area contributed by atoms with Gasteiger partial charge in [-0.1, -0.05) is 0 Å². The number of nitrogens with one attached hydrogen (secondary N) is 1. The normalized spacial score (nSPS) is 11.9. The molecule has 8 nitrogen and oxygen atoms in total. The molecule has 5 rings (SSSR count). The second-order valence-corrected chi connectivity index (χ2v) is 7.87. The van der Waals surface area contributed by atoms with Crippen molar-refractivity contribution in [1.29, 1.82) is 0 Å². The molecule has 178 valence electrons. The number of benzene rings is 1. The fraction of sp³-hybridized carbons (Fsp3) is 0.130. The maximum Gasteiger partial charge on any atom is 0.416 e. The zero-order valence-corrected chi connectivity index (χ0v) is 18.4. The fourth-order valence-corrected chi connectivity index (χ4v) is 4.00. The van der Waals surface area contributed by atoms with E-state index in [4.69, 9.17) is 5.73 Å². The maximum atomic E-state index is 14.1. The summed E-state index contributed by atoms with van der Waals surface area (Å²) in [7, 11) is 0. The summed E-state index contributed by atoms with van der Waals surface area (Å²) in [6.45, 7) is 3.60. The number of anilines is 2. The minimum atomic E-state index is -4.68. The second kappa shape index (κ2) is 7.79. The van der Waals surface area contributed by atoms with Crippen molar-refractivity contribution in [3.05, 3.63) is 77.4 Å². The van der Waals surface area contributed by atoms with Crippen molar-refractivity contribution in [3.8, 4) is 11.3 Å². The van der Waals surface area contributed by atoms with Crippen LogP contribution in [-0.4, -0.2) is 29.9 Å². The van der Waals surface area contributed by atoms with E-state index in [9.17, 15) is 22.4 Å². The highest BCUT2D eigenvalue weighted by atomic mass is 19.4. The van der Waals surface area contributed by atoms with Crippen molar-refractivity contribution >= 4 is 28.4 Å². The lowest BCUT2D eigenvalue weighted by molar-refractivity contribution is -0.137. The first-order valence-electron chi connectivity index (χ1n) is 10.3. The number of imidazole rings is 1. The van der Waals surface area contributed by atoms with Gasteiger partial charge in [0.1, 0.15) is 28.7 Å². The minimum absolute atomic E-state index is 0.0588. The maximum absolute atomic E-state index is 14.1. The summed E-state index contributed by atoms with van der Waals surface area (Å²) in [5.41, 5.74) is 7.40. The number of nitrogens with zero attached hydrogens (tertiary/aromatic N) is 5. The largest absolute Gasteiger partial charge is 0.416 e. The third kappa shape index (κ3) is 3.63. The van der Waals surface area contributed by atoms with Gasteiger partial charge in [0.25, 0.3) is 5.91 Å².